The number of hydrogen-bond acceptors (Lipinski definition) is 2. The van der Waals surface area contributed by atoms with E-state index in [1.165, 1.54) is 36.3 Å². The number of aromatic nitrogens is 1. The van der Waals surface area contributed by atoms with Crippen molar-refractivity contribution in [2.24, 2.45) is 0 Å². The van der Waals surface area contributed by atoms with E-state index in [1.54, 1.807) is 0 Å². The SMILES string of the molecule is CCCc1ccc(SC2(C)CCC2)nc1. The number of aryl methyl sites for hydroxylation is 1. The molecule has 0 amide bonds. The smallest absolute Gasteiger partial charge is 0.0965 e. The Balaban J connectivity index is 1.97. The van der Waals surface area contributed by atoms with Gasteiger partial charge in [-0.3, -0.25) is 0 Å². The van der Waals surface area contributed by atoms with E-state index in [-0.39, 0.29) is 0 Å². The zero-order valence-corrected chi connectivity index (χ0v) is 10.4. The summed E-state index contributed by atoms with van der Waals surface area (Å²) in [6.45, 7) is 4.56. The fourth-order valence-corrected chi connectivity index (χ4v) is 3.18. The van der Waals surface area contributed by atoms with Crippen molar-refractivity contribution in [3.8, 4) is 0 Å². The molecule has 1 saturated carbocycles. The summed E-state index contributed by atoms with van der Waals surface area (Å²) in [5.41, 5.74) is 1.36. The van der Waals surface area contributed by atoms with Crippen LogP contribution in [-0.2, 0) is 6.42 Å². The Morgan fingerprint density at radius 2 is 2.20 bits per heavy atom. The highest BCUT2D eigenvalue weighted by atomic mass is 32.2. The molecule has 15 heavy (non-hydrogen) atoms. The molecule has 1 nitrogen and oxygen atoms in total. The van der Waals surface area contributed by atoms with Crippen LogP contribution in [0.5, 0.6) is 0 Å². The molecule has 0 radical (unpaired) electrons. The molecule has 0 atom stereocenters. The van der Waals surface area contributed by atoms with Crippen LogP contribution in [0.3, 0.4) is 0 Å². The van der Waals surface area contributed by atoms with Gasteiger partial charge in [0.25, 0.3) is 0 Å². The van der Waals surface area contributed by atoms with Crippen molar-refractivity contribution in [1.82, 2.24) is 4.98 Å². The minimum Gasteiger partial charge on any atom is -0.250 e. The third-order valence-electron chi connectivity index (χ3n) is 3.10. The minimum absolute atomic E-state index is 0.472. The second kappa shape index (κ2) is 4.56. The molecule has 0 N–H and O–H groups in total. The molecule has 0 bridgehead atoms. The van der Waals surface area contributed by atoms with Gasteiger partial charge in [-0.15, -0.1) is 0 Å². The lowest BCUT2D eigenvalue weighted by atomic mass is 9.86. The zero-order chi connectivity index (χ0) is 10.7. The Morgan fingerprint density at radius 1 is 1.40 bits per heavy atom. The quantitative estimate of drug-likeness (QED) is 0.760. The summed E-state index contributed by atoms with van der Waals surface area (Å²) in [6, 6.07) is 4.40. The van der Waals surface area contributed by atoms with Gasteiger partial charge < -0.3 is 0 Å². The third kappa shape index (κ3) is 2.75. The van der Waals surface area contributed by atoms with Gasteiger partial charge in [-0.2, -0.15) is 0 Å². The topological polar surface area (TPSA) is 12.9 Å². The number of hydrogen-bond donors (Lipinski definition) is 0. The maximum absolute atomic E-state index is 4.53. The van der Waals surface area contributed by atoms with Crippen molar-refractivity contribution in [2.75, 3.05) is 0 Å². The highest BCUT2D eigenvalue weighted by Crippen LogP contribution is 2.46. The molecule has 1 aliphatic carbocycles. The van der Waals surface area contributed by atoms with Crippen molar-refractivity contribution in [3.05, 3.63) is 23.9 Å². The Labute approximate surface area is 96.7 Å². The average Bonchev–Trinajstić information content (AvgIpc) is 2.19. The molecule has 1 aliphatic rings. The van der Waals surface area contributed by atoms with Crippen LogP contribution in [0, 0.1) is 0 Å². The monoisotopic (exact) mass is 221 g/mol. The van der Waals surface area contributed by atoms with Crippen LogP contribution >= 0.6 is 11.8 Å². The van der Waals surface area contributed by atoms with E-state index in [9.17, 15) is 0 Å². The van der Waals surface area contributed by atoms with Crippen molar-refractivity contribution in [2.45, 2.75) is 55.7 Å². The van der Waals surface area contributed by atoms with E-state index in [0.29, 0.717) is 4.75 Å². The van der Waals surface area contributed by atoms with E-state index in [4.69, 9.17) is 0 Å². The molecule has 0 saturated heterocycles. The van der Waals surface area contributed by atoms with Gasteiger partial charge >= 0.3 is 0 Å². The van der Waals surface area contributed by atoms with Crippen molar-refractivity contribution in [1.29, 1.82) is 0 Å². The van der Waals surface area contributed by atoms with Crippen LogP contribution in [-0.4, -0.2) is 9.73 Å². The number of thioether (sulfide) groups is 1. The summed E-state index contributed by atoms with van der Waals surface area (Å²) in [5, 5.41) is 1.19. The fourth-order valence-electron chi connectivity index (χ4n) is 1.94. The molecule has 82 valence electrons. The standard InChI is InChI=1S/C13H19NS/c1-3-5-11-6-7-12(14-10-11)15-13(2)8-4-9-13/h6-7,10H,3-5,8-9H2,1-2H3. The first kappa shape index (κ1) is 11.0. The molecule has 0 aromatic carbocycles. The Kier molecular flexibility index (Phi) is 3.35. The summed E-state index contributed by atoms with van der Waals surface area (Å²) in [5.74, 6) is 0. The van der Waals surface area contributed by atoms with Gasteiger partial charge in [-0.25, -0.2) is 4.98 Å². The van der Waals surface area contributed by atoms with Crippen molar-refractivity contribution < 1.29 is 0 Å². The van der Waals surface area contributed by atoms with Gasteiger partial charge in [0.2, 0.25) is 0 Å². The first-order chi connectivity index (χ1) is 7.22. The Morgan fingerprint density at radius 3 is 2.67 bits per heavy atom. The van der Waals surface area contributed by atoms with Gasteiger partial charge in [-0.1, -0.05) is 44.5 Å². The summed E-state index contributed by atoms with van der Waals surface area (Å²) in [4.78, 5) is 4.53. The van der Waals surface area contributed by atoms with E-state index < -0.39 is 0 Å². The predicted molar refractivity (Wildman–Crippen MR) is 66.3 cm³/mol. The average molecular weight is 221 g/mol. The number of nitrogens with zero attached hydrogens (tertiary/aromatic N) is 1. The Bertz CT molecular complexity index is 314. The van der Waals surface area contributed by atoms with E-state index in [2.05, 4.69) is 31.0 Å². The molecule has 2 heteroatoms. The van der Waals surface area contributed by atoms with Gasteiger partial charge in [0.05, 0.1) is 5.03 Å². The van der Waals surface area contributed by atoms with Crippen molar-refractivity contribution >= 4 is 11.8 Å². The van der Waals surface area contributed by atoms with Gasteiger partial charge in [0.15, 0.2) is 0 Å². The molecular weight excluding hydrogens is 202 g/mol. The molecule has 0 unspecified atom stereocenters. The number of rotatable bonds is 4. The van der Waals surface area contributed by atoms with E-state index >= 15 is 0 Å². The molecule has 0 spiro atoms. The molecule has 1 aromatic heterocycles. The largest absolute Gasteiger partial charge is 0.250 e. The molecular formula is C13H19NS. The lowest BCUT2D eigenvalue weighted by Crippen LogP contribution is -2.28. The van der Waals surface area contributed by atoms with Crippen LogP contribution in [0.25, 0.3) is 0 Å². The first-order valence-corrected chi connectivity index (χ1v) is 6.67. The summed E-state index contributed by atoms with van der Waals surface area (Å²) in [7, 11) is 0. The first-order valence-electron chi connectivity index (χ1n) is 5.86. The van der Waals surface area contributed by atoms with Gasteiger partial charge in [0.1, 0.15) is 0 Å². The van der Waals surface area contributed by atoms with Gasteiger partial charge in [0, 0.05) is 10.9 Å². The molecule has 1 aromatic rings. The normalized spacial score (nSPS) is 18.5. The zero-order valence-electron chi connectivity index (χ0n) is 9.62. The molecule has 2 rings (SSSR count). The minimum atomic E-state index is 0.472. The highest BCUT2D eigenvalue weighted by molar-refractivity contribution is 8.00. The molecule has 0 aliphatic heterocycles. The Hall–Kier alpha value is -0.500. The van der Waals surface area contributed by atoms with Crippen LogP contribution in [0.4, 0.5) is 0 Å². The lowest BCUT2D eigenvalue weighted by Gasteiger charge is -2.37. The molecule has 1 heterocycles. The second-order valence-electron chi connectivity index (χ2n) is 4.66. The fraction of sp³-hybridized carbons (Fsp3) is 0.615. The van der Waals surface area contributed by atoms with E-state index in [1.807, 2.05) is 18.0 Å². The van der Waals surface area contributed by atoms with Crippen LogP contribution in [0.1, 0.15) is 45.1 Å². The second-order valence-corrected chi connectivity index (χ2v) is 6.27. The van der Waals surface area contributed by atoms with Crippen molar-refractivity contribution in [3.63, 3.8) is 0 Å². The van der Waals surface area contributed by atoms with Gasteiger partial charge in [-0.05, 0) is 30.9 Å². The van der Waals surface area contributed by atoms with E-state index in [0.717, 1.165) is 6.42 Å². The summed E-state index contributed by atoms with van der Waals surface area (Å²) in [6.07, 6.45) is 8.46. The summed E-state index contributed by atoms with van der Waals surface area (Å²) >= 11 is 1.95. The molecule has 1 fully saturated rings. The predicted octanol–water partition coefficient (Wildman–Crippen LogP) is 4.07. The van der Waals surface area contributed by atoms with Crippen LogP contribution in [0.15, 0.2) is 23.4 Å². The third-order valence-corrected chi connectivity index (χ3v) is 4.45. The maximum atomic E-state index is 4.53. The lowest BCUT2D eigenvalue weighted by molar-refractivity contribution is 0.392. The number of pyridine rings is 1. The van der Waals surface area contributed by atoms with Crippen LogP contribution < -0.4 is 0 Å². The van der Waals surface area contributed by atoms with Crippen LogP contribution in [0.2, 0.25) is 0 Å². The summed E-state index contributed by atoms with van der Waals surface area (Å²) < 4.78 is 0.472. The highest BCUT2D eigenvalue weighted by Gasteiger charge is 2.33. The maximum Gasteiger partial charge on any atom is 0.0965 e.